The van der Waals surface area contributed by atoms with Crippen LogP contribution in [0.25, 0.3) is 0 Å². The molecular weight excluding hydrogens is 348 g/mol. The number of nitrogens with zero attached hydrogens (tertiary/aromatic N) is 2. The fourth-order valence-electron chi connectivity index (χ4n) is 3.81. The van der Waals surface area contributed by atoms with Crippen LogP contribution in [0.2, 0.25) is 0 Å². The number of urea groups is 1. The number of benzene rings is 2. The summed E-state index contributed by atoms with van der Waals surface area (Å²) in [5.74, 6) is 0.722. The van der Waals surface area contributed by atoms with E-state index in [2.05, 4.69) is 51.9 Å². The Morgan fingerprint density at radius 1 is 1.18 bits per heavy atom. The molecule has 0 aromatic heterocycles. The van der Waals surface area contributed by atoms with Crippen LogP contribution < -0.4 is 10.6 Å². The quantitative estimate of drug-likeness (QED) is 0.717. The highest BCUT2D eigenvalue weighted by Gasteiger charge is 2.19. The van der Waals surface area contributed by atoms with Gasteiger partial charge < -0.3 is 15.5 Å². The van der Waals surface area contributed by atoms with Crippen LogP contribution in [0.15, 0.2) is 54.6 Å². The molecule has 28 heavy (non-hydrogen) atoms. The van der Waals surface area contributed by atoms with Crippen LogP contribution in [0.4, 0.5) is 10.5 Å². The number of hydrogen-bond acceptors (Lipinski definition) is 3. The molecule has 5 heteroatoms. The molecule has 1 heterocycles. The Morgan fingerprint density at radius 3 is 2.86 bits per heavy atom. The van der Waals surface area contributed by atoms with Gasteiger partial charge in [0.1, 0.15) is 0 Å². The van der Waals surface area contributed by atoms with Crippen molar-refractivity contribution in [2.45, 2.75) is 25.7 Å². The van der Waals surface area contributed by atoms with Crippen molar-refractivity contribution in [1.82, 2.24) is 10.2 Å². The third kappa shape index (κ3) is 6.40. The lowest BCUT2D eigenvalue weighted by molar-refractivity contribution is 0.172. The number of anilines is 1. The van der Waals surface area contributed by atoms with Crippen LogP contribution in [0, 0.1) is 17.2 Å². The summed E-state index contributed by atoms with van der Waals surface area (Å²) in [6.45, 7) is 3.94. The second-order valence-corrected chi connectivity index (χ2v) is 7.43. The van der Waals surface area contributed by atoms with Crippen molar-refractivity contribution in [3.8, 4) is 6.07 Å². The molecule has 0 spiro atoms. The van der Waals surface area contributed by atoms with Gasteiger partial charge in [0, 0.05) is 18.8 Å². The molecule has 1 aliphatic rings. The Kier molecular flexibility index (Phi) is 7.45. The lowest BCUT2D eigenvalue weighted by Gasteiger charge is -2.32. The number of nitriles is 1. The maximum absolute atomic E-state index is 12.0. The van der Waals surface area contributed by atoms with Gasteiger partial charge in [0.25, 0.3) is 0 Å². The smallest absolute Gasteiger partial charge is 0.319 e. The summed E-state index contributed by atoms with van der Waals surface area (Å²) in [5.41, 5.74) is 2.59. The Bertz CT molecular complexity index is 800. The predicted molar refractivity (Wildman–Crippen MR) is 112 cm³/mol. The maximum Gasteiger partial charge on any atom is 0.319 e. The van der Waals surface area contributed by atoms with Gasteiger partial charge in [-0.25, -0.2) is 4.79 Å². The van der Waals surface area contributed by atoms with E-state index in [4.69, 9.17) is 5.26 Å². The van der Waals surface area contributed by atoms with Gasteiger partial charge >= 0.3 is 6.03 Å². The Labute approximate surface area is 167 Å². The average Bonchev–Trinajstić information content (AvgIpc) is 2.72. The van der Waals surface area contributed by atoms with E-state index in [1.165, 1.54) is 18.4 Å². The number of hydrogen-bond donors (Lipinski definition) is 2. The summed E-state index contributed by atoms with van der Waals surface area (Å²) in [6, 6.07) is 19.5. The molecule has 3 rings (SSSR count). The number of carbonyl (C=O) groups is 1. The van der Waals surface area contributed by atoms with E-state index in [1.54, 1.807) is 24.3 Å². The van der Waals surface area contributed by atoms with Gasteiger partial charge in [0.05, 0.1) is 11.6 Å². The van der Waals surface area contributed by atoms with Crippen molar-refractivity contribution in [2.24, 2.45) is 5.92 Å². The molecule has 146 valence electrons. The first kappa shape index (κ1) is 19.9. The van der Waals surface area contributed by atoms with Crippen LogP contribution >= 0.6 is 0 Å². The molecular formula is C23H28N4O. The highest BCUT2D eigenvalue weighted by atomic mass is 16.2. The molecule has 1 aliphatic heterocycles. The lowest BCUT2D eigenvalue weighted by Crippen LogP contribution is -2.38. The molecule has 1 unspecified atom stereocenters. The van der Waals surface area contributed by atoms with Gasteiger partial charge in [0.15, 0.2) is 0 Å². The zero-order valence-corrected chi connectivity index (χ0v) is 16.2. The summed E-state index contributed by atoms with van der Waals surface area (Å²) in [7, 11) is 0. The summed E-state index contributed by atoms with van der Waals surface area (Å²) in [4.78, 5) is 14.5. The number of nitrogens with one attached hydrogen (secondary N) is 2. The van der Waals surface area contributed by atoms with Gasteiger partial charge in [-0.2, -0.15) is 5.26 Å². The van der Waals surface area contributed by atoms with E-state index in [9.17, 15) is 4.79 Å². The number of amides is 2. The summed E-state index contributed by atoms with van der Waals surface area (Å²) in [5, 5.41) is 14.6. The lowest BCUT2D eigenvalue weighted by atomic mass is 9.91. The number of piperidine rings is 1. The normalized spacial score (nSPS) is 16.9. The second-order valence-electron chi connectivity index (χ2n) is 7.43. The first-order valence-electron chi connectivity index (χ1n) is 10.0. The van der Waals surface area contributed by atoms with Crippen LogP contribution in [0.3, 0.4) is 0 Å². The van der Waals surface area contributed by atoms with E-state index in [-0.39, 0.29) is 6.03 Å². The zero-order chi connectivity index (χ0) is 19.6. The number of carbonyl (C=O) groups excluding carboxylic acids is 1. The average molecular weight is 377 g/mol. The van der Waals surface area contributed by atoms with Gasteiger partial charge in [-0.15, -0.1) is 0 Å². The van der Waals surface area contributed by atoms with Crippen LogP contribution in [-0.4, -0.2) is 37.1 Å². The number of likely N-dealkylation sites (tertiary alicyclic amines) is 1. The Hall–Kier alpha value is -2.84. The van der Waals surface area contributed by atoms with Gasteiger partial charge in [-0.1, -0.05) is 36.4 Å². The standard InChI is InChI=1S/C23H28N4O/c24-17-20-9-4-11-22(16-20)26-23(28)25-12-6-14-27-13-5-10-21(18-27)15-19-7-2-1-3-8-19/h1-4,7-9,11,16,21H,5-6,10,12-15,18H2,(H2,25,26,28). The van der Waals surface area contributed by atoms with Gasteiger partial charge in [-0.05, 0) is 68.5 Å². The minimum Gasteiger partial charge on any atom is -0.338 e. The predicted octanol–water partition coefficient (Wildman–Crippen LogP) is 4.02. The highest BCUT2D eigenvalue weighted by molar-refractivity contribution is 5.89. The Morgan fingerprint density at radius 2 is 2.04 bits per heavy atom. The zero-order valence-electron chi connectivity index (χ0n) is 16.2. The highest BCUT2D eigenvalue weighted by Crippen LogP contribution is 2.20. The monoisotopic (exact) mass is 376 g/mol. The fraction of sp³-hybridized carbons (Fsp3) is 0.391. The summed E-state index contributed by atoms with van der Waals surface area (Å²) in [6.07, 6.45) is 4.64. The van der Waals surface area contributed by atoms with Crippen LogP contribution in [0.1, 0.15) is 30.4 Å². The molecule has 2 aromatic rings. The molecule has 5 nitrogen and oxygen atoms in total. The minimum absolute atomic E-state index is 0.226. The van der Waals surface area contributed by atoms with E-state index in [1.807, 2.05) is 0 Å². The molecule has 2 aromatic carbocycles. The maximum atomic E-state index is 12.0. The van der Waals surface area contributed by atoms with Crippen molar-refractivity contribution < 1.29 is 4.79 Å². The Balaban J connectivity index is 1.34. The fourth-order valence-corrected chi connectivity index (χ4v) is 3.81. The molecule has 1 saturated heterocycles. The van der Waals surface area contributed by atoms with E-state index < -0.39 is 0 Å². The molecule has 0 radical (unpaired) electrons. The first-order chi connectivity index (χ1) is 13.7. The molecule has 0 bridgehead atoms. The molecule has 2 amide bonds. The van der Waals surface area contributed by atoms with E-state index in [0.29, 0.717) is 17.8 Å². The van der Waals surface area contributed by atoms with Crippen LogP contribution in [-0.2, 0) is 6.42 Å². The molecule has 2 N–H and O–H groups in total. The van der Waals surface area contributed by atoms with E-state index in [0.717, 1.165) is 38.4 Å². The molecule has 0 saturated carbocycles. The largest absolute Gasteiger partial charge is 0.338 e. The molecule has 1 atom stereocenters. The van der Waals surface area contributed by atoms with Crippen molar-refractivity contribution in [3.05, 3.63) is 65.7 Å². The van der Waals surface area contributed by atoms with Crippen LogP contribution in [0.5, 0.6) is 0 Å². The van der Waals surface area contributed by atoms with E-state index >= 15 is 0 Å². The van der Waals surface area contributed by atoms with Crippen molar-refractivity contribution in [3.63, 3.8) is 0 Å². The topological polar surface area (TPSA) is 68.2 Å². The van der Waals surface area contributed by atoms with Gasteiger partial charge in [0.2, 0.25) is 0 Å². The summed E-state index contributed by atoms with van der Waals surface area (Å²) < 4.78 is 0. The van der Waals surface area contributed by atoms with Crippen molar-refractivity contribution in [1.29, 1.82) is 5.26 Å². The molecule has 1 fully saturated rings. The third-order valence-electron chi connectivity index (χ3n) is 5.16. The van der Waals surface area contributed by atoms with Crippen molar-refractivity contribution in [2.75, 3.05) is 31.5 Å². The van der Waals surface area contributed by atoms with Gasteiger partial charge in [-0.3, -0.25) is 0 Å². The summed E-state index contributed by atoms with van der Waals surface area (Å²) >= 11 is 0. The molecule has 0 aliphatic carbocycles. The SMILES string of the molecule is N#Cc1cccc(NC(=O)NCCCN2CCCC(Cc3ccccc3)C2)c1. The second kappa shape index (κ2) is 10.5. The number of rotatable bonds is 7. The van der Waals surface area contributed by atoms with Crippen molar-refractivity contribution >= 4 is 11.7 Å². The third-order valence-corrected chi connectivity index (χ3v) is 5.16. The minimum atomic E-state index is -0.226. The first-order valence-corrected chi connectivity index (χ1v) is 10.0.